The molecular formula is C28H30Cl2Zr. The maximum Gasteiger partial charge on any atom is 4.00 e. The zero-order valence-electron chi connectivity index (χ0n) is 18.8. The summed E-state index contributed by atoms with van der Waals surface area (Å²) in [5, 5.41) is 0. The summed E-state index contributed by atoms with van der Waals surface area (Å²) < 4.78 is 0. The Morgan fingerprint density at radius 1 is 0.613 bits per heavy atom. The summed E-state index contributed by atoms with van der Waals surface area (Å²) in [6, 6.07) is 17.2. The van der Waals surface area contributed by atoms with Crippen LogP contribution in [0.2, 0.25) is 0 Å². The Hall–Kier alpha value is -1.14. The first kappa shape index (κ1) is 29.9. The number of benzene rings is 2. The fraction of sp³-hybridized carbons (Fsp3) is 0.286. The third-order valence-corrected chi connectivity index (χ3v) is 5.14. The zero-order chi connectivity index (χ0) is 19.9. The number of rotatable bonds is 4. The molecule has 0 nitrogen and oxygen atoms in total. The molecular weight excluding hydrogens is 498 g/mol. The van der Waals surface area contributed by atoms with Crippen LogP contribution in [-0.2, 0) is 26.2 Å². The van der Waals surface area contributed by atoms with Gasteiger partial charge in [-0.15, -0.1) is 35.4 Å². The van der Waals surface area contributed by atoms with E-state index in [9.17, 15) is 0 Å². The molecule has 2 aliphatic rings. The summed E-state index contributed by atoms with van der Waals surface area (Å²) in [6.45, 7) is 8.94. The van der Waals surface area contributed by atoms with Crippen molar-refractivity contribution in [2.24, 2.45) is 0 Å². The molecule has 3 heteroatoms. The van der Waals surface area contributed by atoms with Crippen molar-refractivity contribution in [2.45, 2.75) is 52.4 Å². The Bertz CT molecular complexity index is 856. The van der Waals surface area contributed by atoms with E-state index in [1.54, 1.807) is 0 Å². The molecule has 4 rings (SSSR count). The van der Waals surface area contributed by atoms with Gasteiger partial charge in [-0.1, -0.05) is 88.1 Å². The second kappa shape index (κ2) is 14.8. The normalized spacial score (nSPS) is 13.5. The van der Waals surface area contributed by atoms with Crippen LogP contribution in [0.5, 0.6) is 0 Å². The minimum atomic E-state index is 0. The van der Waals surface area contributed by atoms with Crippen LogP contribution >= 0.6 is 0 Å². The van der Waals surface area contributed by atoms with Gasteiger partial charge in [0.2, 0.25) is 0 Å². The van der Waals surface area contributed by atoms with E-state index in [0.717, 1.165) is 12.8 Å². The fourth-order valence-electron chi connectivity index (χ4n) is 3.67. The second-order valence-electron chi connectivity index (χ2n) is 7.88. The van der Waals surface area contributed by atoms with Crippen LogP contribution in [0, 0.1) is 12.2 Å². The SMILES string of the molecule is CC(C)c1ccccc1C1=[C-]CC=C1.CC(C)c1ccccc1C1=[C-]CC=C1.[Cl-].[Cl-].[Zr+4]. The molecule has 0 amide bonds. The molecule has 2 aliphatic carbocycles. The van der Waals surface area contributed by atoms with E-state index in [-0.39, 0.29) is 51.0 Å². The summed E-state index contributed by atoms with van der Waals surface area (Å²) in [4.78, 5) is 0. The standard InChI is InChI=1S/2C14H15.2ClH.Zr/c2*1-11(2)13-9-5-6-10-14(13)12-7-3-4-8-12;;;/h2*3,5-7,9-11H,4H2,1-2H3;2*1H;/q2*-1;;;+4/p-2. The van der Waals surface area contributed by atoms with Crippen molar-refractivity contribution in [2.75, 3.05) is 0 Å². The smallest absolute Gasteiger partial charge is 1.00 e. The molecule has 0 atom stereocenters. The third-order valence-electron chi connectivity index (χ3n) is 5.14. The number of allylic oxidation sites excluding steroid dienone is 8. The molecule has 0 radical (unpaired) electrons. The molecule has 0 fully saturated rings. The first-order valence-electron chi connectivity index (χ1n) is 10.3. The summed E-state index contributed by atoms with van der Waals surface area (Å²) >= 11 is 0. The monoisotopic (exact) mass is 526 g/mol. The van der Waals surface area contributed by atoms with Crippen LogP contribution in [0.15, 0.2) is 72.8 Å². The minimum Gasteiger partial charge on any atom is -1.00 e. The molecule has 2 aromatic carbocycles. The van der Waals surface area contributed by atoms with Gasteiger partial charge in [0.05, 0.1) is 0 Å². The van der Waals surface area contributed by atoms with Crippen molar-refractivity contribution in [1.82, 2.24) is 0 Å². The minimum absolute atomic E-state index is 0. The van der Waals surface area contributed by atoms with E-state index in [1.807, 2.05) is 0 Å². The van der Waals surface area contributed by atoms with Gasteiger partial charge in [0.1, 0.15) is 0 Å². The van der Waals surface area contributed by atoms with Gasteiger partial charge in [0.25, 0.3) is 0 Å². The topological polar surface area (TPSA) is 0 Å². The molecule has 0 saturated carbocycles. The molecule has 2 aromatic rings. The summed E-state index contributed by atoms with van der Waals surface area (Å²) in [6.07, 6.45) is 17.3. The fourth-order valence-corrected chi connectivity index (χ4v) is 3.67. The average molecular weight is 529 g/mol. The van der Waals surface area contributed by atoms with Gasteiger partial charge in [0.15, 0.2) is 0 Å². The number of hydrogen-bond donors (Lipinski definition) is 0. The van der Waals surface area contributed by atoms with Gasteiger partial charge in [-0.2, -0.15) is 35.5 Å². The van der Waals surface area contributed by atoms with Crippen molar-refractivity contribution in [3.63, 3.8) is 0 Å². The predicted molar refractivity (Wildman–Crippen MR) is 122 cm³/mol. The third kappa shape index (κ3) is 8.05. The Morgan fingerprint density at radius 2 is 0.968 bits per heavy atom. The maximum absolute atomic E-state index is 3.37. The van der Waals surface area contributed by atoms with Gasteiger partial charge < -0.3 is 24.8 Å². The van der Waals surface area contributed by atoms with Crippen molar-refractivity contribution in [3.05, 3.63) is 107 Å². The Labute approximate surface area is 220 Å². The van der Waals surface area contributed by atoms with Crippen LogP contribution in [0.4, 0.5) is 0 Å². The Kier molecular flexibility index (Phi) is 14.3. The molecule has 160 valence electrons. The summed E-state index contributed by atoms with van der Waals surface area (Å²) in [5.74, 6) is 1.16. The van der Waals surface area contributed by atoms with Crippen LogP contribution < -0.4 is 24.8 Å². The van der Waals surface area contributed by atoms with E-state index in [4.69, 9.17) is 0 Å². The van der Waals surface area contributed by atoms with Crippen molar-refractivity contribution in [3.8, 4) is 0 Å². The Balaban J connectivity index is 0.000000529. The molecule has 0 N–H and O–H groups in total. The molecule has 0 saturated heterocycles. The molecule has 0 aromatic heterocycles. The average Bonchev–Trinajstić information content (AvgIpc) is 3.42. The number of halogens is 2. The largest absolute Gasteiger partial charge is 4.00 e. The van der Waals surface area contributed by atoms with E-state index in [1.165, 1.54) is 33.4 Å². The molecule has 0 spiro atoms. The van der Waals surface area contributed by atoms with Crippen LogP contribution in [0.1, 0.15) is 74.6 Å². The van der Waals surface area contributed by atoms with Crippen molar-refractivity contribution in [1.29, 1.82) is 0 Å². The van der Waals surface area contributed by atoms with Crippen molar-refractivity contribution >= 4 is 11.1 Å². The Morgan fingerprint density at radius 3 is 1.26 bits per heavy atom. The molecule has 31 heavy (non-hydrogen) atoms. The van der Waals surface area contributed by atoms with Gasteiger partial charge in [0, 0.05) is 0 Å². The molecule has 0 aliphatic heterocycles. The van der Waals surface area contributed by atoms with Gasteiger partial charge >= 0.3 is 26.2 Å². The first-order valence-corrected chi connectivity index (χ1v) is 10.3. The van der Waals surface area contributed by atoms with E-state index in [0.29, 0.717) is 11.8 Å². The second-order valence-corrected chi connectivity index (χ2v) is 7.88. The van der Waals surface area contributed by atoms with Gasteiger partial charge in [-0.25, -0.2) is 0 Å². The van der Waals surface area contributed by atoms with Gasteiger partial charge in [-0.05, 0) is 11.8 Å². The molecule has 0 unspecified atom stereocenters. The summed E-state index contributed by atoms with van der Waals surface area (Å²) in [7, 11) is 0. The maximum atomic E-state index is 3.37. The predicted octanol–water partition coefficient (Wildman–Crippen LogP) is 1.92. The van der Waals surface area contributed by atoms with Crippen LogP contribution in [-0.4, -0.2) is 0 Å². The van der Waals surface area contributed by atoms with E-state index in [2.05, 4.69) is 113 Å². The first-order chi connectivity index (χ1) is 13.6. The van der Waals surface area contributed by atoms with E-state index < -0.39 is 0 Å². The quantitative estimate of drug-likeness (QED) is 0.532. The van der Waals surface area contributed by atoms with Gasteiger partial charge in [-0.3, -0.25) is 0 Å². The summed E-state index contributed by atoms with van der Waals surface area (Å²) in [5.41, 5.74) is 8.04. The van der Waals surface area contributed by atoms with Crippen molar-refractivity contribution < 1.29 is 51.0 Å². The van der Waals surface area contributed by atoms with Crippen LogP contribution in [0.25, 0.3) is 11.1 Å². The van der Waals surface area contributed by atoms with E-state index >= 15 is 0 Å². The zero-order valence-corrected chi connectivity index (χ0v) is 22.7. The van der Waals surface area contributed by atoms with Crippen LogP contribution in [0.3, 0.4) is 0 Å². The molecule has 0 heterocycles. The molecule has 0 bridgehead atoms. The number of hydrogen-bond acceptors (Lipinski definition) is 0.